The van der Waals surface area contributed by atoms with Crippen molar-refractivity contribution in [1.29, 1.82) is 0 Å². The summed E-state index contributed by atoms with van der Waals surface area (Å²) in [7, 11) is 1.81. The second-order valence-electron chi connectivity index (χ2n) is 11.2. The lowest BCUT2D eigenvalue weighted by molar-refractivity contribution is 0.0853. The van der Waals surface area contributed by atoms with Gasteiger partial charge in [-0.05, 0) is 77.8 Å². The van der Waals surface area contributed by atoms with Crippen LogP contribution in [-0.4, -0.2) is 30.9 Å². The summed E-state index contributed by atoms with van der Waals surface area (Å²) in [5, 5.41) is 0.123. The molecule has 2 fully saturated rings. The molecule has 4 N–H and O–H groups in total. The van der Waals surface area contributed by atoms with Crippen LogP contribution in [0.3, 0.4) is 0 Å². The van der Waals surface area contributed by atoms with Crippen molar-refractivity contribution in [2.24, 2.45) is 18.2 Å². The van der Waals surface area contributed by atoms with Gasteiger partial charge in [0.05, 0.1) is 10.6 Å². The maximum atomic E-state index is 14.1. The number of anilines is 2. The molecule has 6 rings (SSSR count). The highest BCUT2D eigenvalue weighted by atomic mass is 35.5. The highest BCUT2D eigenvalue weighted by Gasteiger charge is 2.46. The molecule has 0 saturated carbocycles. The van der Waals surface area contributed by atoms with E-state index in [0.717, 1.165) is 80.9 Å². The van der Waals surface area contributed by atoms with Crippen molar-refractivity contribution in [2.75, 3.05) is 36.9 Å². The molecule has 0 radical (unpaired) electrons. The van der Waals surface area contributed by atoms with Gasteiger partial charge in [-0.1, -0.05) is 35.9 Å². The molecule has 1 atom stereocenters. The maximum Gasteiger partial charge on any atom is 0.261 e. The molecule has 1 spiro atoms. The van der Waals surface area contributed by atoms with Gasteiger partial charge in [0.2, 0.25) is 0 Å². The summed E-state index contributed by atoms with van der Waals surface area (Å²) >= 11 is 6.05. The molecule has 0 amide bonds. The van der Waals surface area contributed by atoms with Crippen LogP contribution in [0, 0.1) is 11.2 Å². The van der Waals surface area contributed by atoms with Gasteiger partial charge in [-0.25, -0.2) is 4.39 Å². The minimum Gasteiger partial charge on any atom is -0.398 e. The number of benzene rings is 2. The molecule has 1 aromatic heterocycles. The lowest BCUT2D eigenvalue weighted by atomic mass is 9.73. The molecule has 0 bridgehead atoms. The summed E-state index contributed by atoms with van der Waals surface area (Å²) in [5.41, 5.74) is 18.0. The van der Waals surface area contributed by atoms with Crippen LogP contribution in [0.2, 0.25) is 5.02 Å². The Kier molecular flexibility index (Phi) is 6.49. The molecular weight excluding hydrogens is 503 g/mol. The highest BCUT2D eigenvalue weighted by Crippen LogP contribution is 2.52. The van der Waals surface area contributed by atoms with Crippen LogP contribution in [0.25, 0.3) is 11.1 Å². The first-order chi connectivity index (χ1) is 18.3. The Hall–Kier alpha value is -2.87. The monoisotopic (exact) mass is 536 g/mol. The lowest BCUT2D eigenvalue weighted by Crippen LogP contribution is -2.45. The van der Waals surface area contributed by atoms with Crippen LogP contribution in [0.5, 0.6) is 0 Å². The standard InChI is InChI=1S/C30H34ClFN4O2/c1-35-26(36-10-8-30(9-11-36)17-21-14-24(32)23(31)15-22(21)28(30)34)16-25(33)27(29(35)37)20-4-2-18(3-5-20)19-6-12-38-13-7-19/h2-5,14-16,19,28H,6-13,17,33-34H2,1H3/t28-/m1/s1. The van der Waals surface area contributed by atoms with E-state index in [0.29, 0.717) is 17.2 Å². The van der Waals surface area contributed by atoms with Crippen molar-refractivity contribution < 1.29 is 9.13 Å². The van der Waals surface area contributed by atoms with E-state index >= 15 is 0 Å². The molecule has 3 aliphatic rings. The number of pyridine rings is 1. The fourth-order valence-electron chi connectivity index (χ4n) is 6.78. The van der Waals surface area contributed by atoms with E-state index in [9.17, 15) is 9.18 Å². The molecule has 8 heteroatoms. The molecular formula is C30H34ClFN4O2. The van der Waals surface area contributed by atoms with Crippen LogP contribution < -0.4 is 21.9 Å². The van der Waals surface area contributed by atoms with Gasteiger partial charge in [0.25, 0.3) is 5.56 Å². The molecule has 6 nitrogen and oxygen atoms in total. The van der Waals surface area contributed by atoms with E-state index in [1.165, 1.54) is 11.6 Å². The number of hydrogen-bond donors (Lipinski definition) is 2. The number of hydrogen-bond acceptors (Lipinski definition) is 5. The summed E-state index contributed by atoms with van der Waals surface area (Å²) < 4.78 is 21.3. The number of nitrogens with zero attached hydrogens (tertiary/aromatic N) is 2. The summed E-state index contributed by atoms with van der Waals surface area (Å²) in [5.74, 6) is 0.915. The topological polar surface area (TPSA) is 86.5 Å². The van der Waals surface area contributed by atoms with E-state index in [1.807, 2.05) is 25.2 Å². The van der Waals surface area contributed by atoms with Gasteiger partial charge < -0.3 is 21.1 Å². The van der Waals surface area contributed by atoms with Crippen molar-refractivity contribution in [1.82, 2.24) is 4.57 Å². The van der Waals surface area contributed by atoms with Gasteiger partial charge in [0, 0.05) is 51.1 Å². The molecule has 2 aromatic carbocycles. The number of ether oxygens (including phenoxy) is 1. The van der Waals surface area contributed by atoms with Crippen LogP contribution >= 0.6 is 11.6 Å². The zero-order valence-corrected chi connectivity index (χ0v) is 22.4. The van der Waals surface area contributed by atoms with E-state index in [1.54, 1.807) is 10.6 Å². The third-order valence-electron chi connectivity index (χ3n) is 9.13. The first-order valence-electron chi connectivity index (χ1n) is 13.4. The summed E-state index contributed by atoms with van der Waals surface area (Å²) in [6, 6.07) is 13.2. The van der Waals surface area contributed by atoms with Gasteiger partial charge in [0.1, 0.15) is 11.6 Å². The van der Waals surface area contributed by atoms with Gasteiger partial charge in [-0.3, -0.25) is 9.36 Å². The molecule has 1 aliphatic carbocycles. The van der Waals surface area contributed by atoms with E-state index in [4.69, 9.17) is 27.8 Å². The fourth-order valence-corrected chi connectivity index (χ4v) is 6.96. The highest BCUT2D eigenvalue weighted by molar-refractivity contribution is 6.30. The quantitative estimate of drug-likeness (QED) is 0.482. The van der Waals surface area contributed by atoms with Crippen molar-refractivity contribution in [3.8, 4) is 11.1 Å². The summed E-state index contributed by atoms with van der Waals surface area (Å²) in [6.07, 6.45) is 4.47. The molecule has 38 heavy (non-hydrogen) atoms. The first-order valence-corrected chi connectivity index (χ1v) is 13.8. The van der Waals surface area contributed by atoms with Crippen LogP contribution in [0.15, 0.2) is 47.3 Å². The van der Waals surface area contributed by atoms with Crippen LogP contribution in [-0.2, 0) is 18.2 Å². The number of nitrogen functional groups attached to an aromatic ring is 1. The predicted octanol–water partition coefficient (Wildman–Crippen LogP) is 5.16. The Bertz CT molecular complexity index is 1420. The Balaban J connectivity index is 1.22. The SMILES string of the molecule is Cn1c(N2CCC3(CC2)Cc2cc(F)c(Cl)cc2[C@H]3N)cc(N)c(-c2ccc(C3CCOCC3)cc2)c1=O. The molecule has 2 saturated heterocycles. The Labute approximate surface area is 227 Å². The number of aromatic nitrogens is 1. The second kappa shape index (κ2) is 9.70. The van der Waals surface area contributed by atoms with Gasteiger partial charge >= 0.3 is 0 Å². The second-order valence-corrected chi connectivity index (χ2v) is 11.6. The van der Waals surface area contributed by atoms with Crippen molar-refractivity contribution in [3.05, 3.63) is 80.3 Å². The third-order valence-corrected chi connectivity index (χ3v) is 9.42. The average Bonchev–Trinajstić information content (AvgIpc) is 3.18. The van der Waals surface area contributed by atoms with Gasteiger partial charge in [-0.15, -0.1) is 0 Å². The molecule has 200 valence electrons. The van der Waals surface area contributed by atoms with E-state index in [-0.39, 0.29) is 22.0 Å². The molecule has 2 aliphatic heterocycles. The predicted molar refractivity (Wildman–Crippen MR) is 150 cm³/mol. The smallest absolute Gasteiger partial charge is 0.261 e. The maximum absolute atomic E-state index is 14.1. The average molecular weight is 537 g/mol. The van der Waals surface area contributed by atoms with E-state index in [2.05, 4.69) is 17.0 Å². The number of fused-ring (bicyclic) bond motifs is 1. The largest absolute Gasteiger partial charge is 0.398 e. The number of nitrogens with two attached hydrogens (primary N) is 2. The Morgan fingerprint density at radius 1 is 1.08 bits per heavy atom. The number of rotatable bonds is 3. The summed E-state index contributed by atoms with van der Waals surface area (Å²) in [6.45, 7) is 3.07. The molecule has 3 heterocycles. The summed E-state index contributed by atoms with van der Waals surface area (Å²) in [4.78, 5) is 15.7. The lowest BCUT2D eigenvalue weighted by Gasteiger charge is -2.43. The van der Waals surface area contributed by atoms with Crippen molar-refractivity contribution in [3.63, 3.8) is 0 Å². The van der Waals surface area contributed by atoms with Crippen molar-refractivity contribution >= 4 is 23.1 Å². The van der Waals surface area contributed by atoms with Gasteiger partial charge in [0.15, 0.2) is 0 Å². The molecule has 0 unspecified atom stereocenters. The van der Waals surface area contributed by atoms with Crippen LogP contribution in [0.4, 0.5) is 15.9 Å². The number of piperidine rings is 1. The normalized spacial score (nSPS) is 21.2. The zero-order chi connectivity index (χ0) is 26.6. The zero-order valence-electron chi connectivity index (χ0n) is 21.7. The minimum absolute atomic E-state index is 0.103. The number of halogens is 2. The van der Waals surface area contributed by atoms with Crippen LogP contribution in [0.1, 0.15) is 54.3 Å². The molecule has 3 aromatic rings. The van der Waals surface area contributed by atoms with Crippen molar-refractivity contribution in [2.45, 2.75) is 44.1 Å². The Morgan fingerprint density at radius 3 is 2.45 bits per heavy atom. The fraction of sp³-hybridized carbons (Fsp3) is 0.433. The minimum atomic E-state index is -0.393. The third kappa shape index (κ3) is 4.21. The van der Waals surface area contributed by atoms with Gasteiger partial charge in [-0.2, -0.15) is 0 Å². The first kappa shape index (κ1) is 25.4. The van der Waals surface area contributed by atoms with E-state index < -0.39 is 5.82 Å². The Morgan fingerprint density at radius 2 is 1.76 bits per heavy atom.